The van der Waals surface area contributed by atoms with Crippen molar-refractivity contribution >= 4 is 0 Å². The molecule has 0 aromatic heterocycles. The minimum absolute atomic E-state index is 0.193. The molecule has 1 aliphatic rings. The molecule has 0 aliphatic heterocycles. The first-order valence-electron chi connectivity index (χ1n) is 5.62. The highest BCUT2D eigenvalue weighted by Gasteiger charge is 2.51. The summed E-state index contributed by atoms with van der Waals surface area (Å²) in [6.45, 7) is 0.193. The quantitative estimate of drug-likeness (QED) is 0.770. The van der Waals surface area contributed by atoms with Crippen molar-refractivity contribution in [2.45, 2.75) is 31.3 Å². The Morgan fingerprint density at radius 1 is 1.27 bits per heavy atom. The topological polar surface area (TPSA) is 40.5 Å². The Morgan fingerprint density at radius 2 is 2.00 bits per heavy atom. The molecule has 1 aromatic carbocycles. The fourth-order valence-electron chi connectivity index (χ4n) is 2.21. The van der Waals surface area contributed by atoms with Crippen LogP contribution in [-0.4, -0.2) is 22.4 Å². The molecule has 15 heavy (non-hydrogen) atoms. The van der Waals surface area contributed by atoms with Crippen LogP contribution in [0.4, 0.5) is 0 Å². The summed E-state index contributed by atoms with van der Waals surface area (Å²) in [7, 11) is 0. The van der Waals surface area contributed by atoms with Crippen molar-refractivity contribution in [1.82, 2.24) is 0 Å². The molecule has 2 nitrogen and oxygen atoms in total. The van der Waals surface area contributed by atoms with Gasteiger partial charge in [-0.25, -0.2) is 0 Å². The van der Waals surface area contributed by atoms with Crippen molar-refractivity contribution in [3.05, 3.63) is 35.9 Å². The molecule has 0 radical (unpaired) electrons. The minimum Gasteiger partial charge on any atom is -0.396 e. The Morgan fingerprint density at radius 3 is 2.67 bits per heavy atom. The maximum absolute atomic E-state index is 10.1. The third-order valence-corrected chi connectivity index (χ3v) is 3.37. The highest BCUT2D eigenvalue weighted by atomic mass is 16.3. The Balaban J connectivity index is 1.80. The lowest BCUT2D eigenvalue weighted by molar-refractivity contribution is 0.114. The third kappa shape index (κ3) is 2.58. The Hall–Kier alpha value is -0.860. The predicted molar refractivity (Wildman–Crippen MR) is 59.5 cm³/mol. The van der Waals surface area contributed by atoms with Crippen molar-refractivity contribution in [3.8, 4) is 0 Å². The number of rotatable bonds is 5. The Labute approximate surface area is 90.6 Å². The first kappa shape index (κ1) is 10.7. The van der Waals surface area contributed by atoms with E-state index in [1.165, 1.54) is 5.56 Å². The van der Waals surface area contributed by atoms with Gasteiger partial charge in [0.1, 0.15) is 0 Å². The molecule has 2 heteroatoms. The lowest BCUT2D eigenvalue weighted by Crippen LogP contribution is -2.13. The Bertz CT molecular complexity index is 310. The summed E-state index contributed by atoms with van der Waals surface area (Å²) in [5, 5.41) is 18.9. The number of aryl methyl sites for hydroxylation is 1. The Kier molecular flexibility index (Phi) is 3.08. The fraction of sp³-hybridized carbons (Fsp3) is 0.538. The second-order valence-corrected chi connectivity index (χ2v) is 4.50. The highest BCUT2D eigenvalue weighted by molar-refractivity contribution is 5.16. The lowest BCUT2D eigenvalue weighted by Gasteiger charge is -2.09. The van der Waals surface area contributed by atoms with Crippen LogP contribution >= 0.6 is 0 Å². The molecule has 1 fully saturated rings. The molecular weight excluding hydrogens is 188 g/mol. The maximum atomic E-state index is 10.1. The van der Waals surface area contributed by atoms with Crippen LogP contribution < -0.4 is 0 Å². The van der Waals surface area contributed by atoms with E-state index in [-0.39, 0.29) is 6.61 Å². The maximum Gasteiger partial charge on any atom is 0.0684 e. The number of benzene rings is 1. The number of hydrogen-bond acceptors (Lipinski definition) is 2. The average molecular weight is 206 g/mol. The average Bonchev–Trinajstić information content (AvgIpc) is 2.90. The van der Waals surface area contributed by atoms with Crippen LogP contribution in [0.15, 0.2) is 30.3 Å². The smallest absolute Gasteiger partial charge is 0.0684 e. The predicted octanol–water partition coefficient (Wildman–Crippen LogP) is 1.75. The molecule has 1 aromatic rings. The van der Waals surface area contributed by atoms with E-state index in [0.717, 1.165) is 25.7 Å². The summed E-state index contributed by atoms with van der Waals surface area (Å²) < 4.78 is 0. The molecular formula is C13H18O2. The molecule has 2 rings (SSSR count). The number of aliphatic hydroxyl groups is 2. The molecule has 1 aliphatic carbocycles. The molecule has 0 heterocycles. The summed E-state index contributed by atoms with van der Waals surface area (Å²) in [6.07, 6.45) is 3.35. The molecule has 82 valence electrons. The molecule has 2 atom stereocenters. The van der Waals surface area contributed by atoms with E-state index in [9.17, 15) is 5.11 Å². The van der Waals surface area contributed by atoms with Gasteiger partial charge in [0.25, 0.3) is 0 Å². The normalized spacial score (nSPS) is 29.1. The minimum atomic E-state index is -0.488. The second kappa shape index (κ2) is 4.33. The van der Waals surface area contributed by atoms with E-state index >= 15 is 0 Å². The zero-order chi connectivity index (χ0) is 10.7. The van der Waals surface area contributed by atoms with Crippen LogP contribution in [-0.2, 0) is 6.42 Å². The van der Waals surface area contributed by atoms with Crippen molar-refractivity contribution in [2.75, 3.05) is 6.61 Å². The van der Waals surface area contributed by atoms with Crippen LogP contribution in [0.2, 0.25) is 0 Å². The van der Waals surface area contributed by atoms with Gasteiger partial charge < -0.3 is 10.2 Å². The van der Waals surface area contributed by atoms with Gasteiger partial charge >= 0.3 is 0 Å². The largest absolute Gasteiger partial charge is 0.396 e. The first-order chi connectivity index (χ1) is 7.24. The third-order valence-electron chi connectivity index (χ3n) is 3.37. The zero-order valence-electron chi connectivity index (χ0n) is 8.89. The van der Waals surface area contributed by atoms with E-state index in [4.69, 9.17) is 5.11 Å². The van der Waals surface area contributed by atoms with Gasteiger partial charge in [0.15, 0.2) is 0 Å². The second-order valence-electron chi connectivity index (χ2n) is 4.50. The van der Waals surface area contributed by atoms with Crippen molar-refractivity contribution in [3.63, 3.8) is 0 Å². The summed E-state index contributed by atoms with van der Waals surface area (Å²) >= 11 is 0. The highest BCUT2D eigenvalue weighted by Crippen LogP contribution is 2.48. The van der Waals surface area contributed by atoms with Crippen LogP contribution in [0.5, 0.6) is 0 Å². The van der Waals surface area contributed by atoms with Crippen LogP contribution in [0.3, 0.4) is 0 Å². The molecule has 0 saturated heterocycles. The molecule has 0 spiro atoms. The van der Waals surface area contributed by atoms with Crippen LogP contribution in [0, 0.1) is 5.92 Å². The lowest BCUT2D eigenvalue weighted by atomic mass is 10.0. The van der Waals surface area contributed by atoms with E-state index in [1.807, 2.05) is 18.2 Å². The molecule has 0 amide bonds. The van der Waals surface area contributed by atoms with Crippen molar-refractivity contribution < 1.29 is 10.2 Å². The first-order valence-corrected chi connectivity index (χ1v) is 5.62. The number of aliphatic hydroxyl groups excluding tert-OH is 1. The molecule has 1 saturated carbocycles. The number of hydrogen-bond donors (Lipinski definition) is 2. The van der Waals surface area contributed by atoms with Crippen molar-refractivity contribution in [1.29, 1.82) is 0 Å². The summed E-state index contributed by atoms with van der Waals surface area (Å²) in [5.74, 6) is 0.325. The van der Waals surface area contributed by atoms with E-state index in [1.54, 1.807) is 0 Å². The van der Waals surface area contributed by atoms with E-state index in [2.05, 4.69) is 12.1 Å². The van der Waals surface area contributed by atoms with Gasteiger partial charge in [-0.05, 0) is 37.2 Å². The van der Waals surface area contributed by atoms with Gasteiger partial charge in [-0.2, -0.15) is 0 Å². The van der Waals surface area contributed by atoms with E-state index < -0.39 is 5.60 Å². The molecule has 2 N–H and O–H groups in total. The van der Waals surface area contributed by atoms with Gasteiger partial charge in [-0.15, -0.1) is 0 Å². The van der Waals surface area contributed by atoms with Gasteiger partial charge in [0.2, 0.25) is 0 Å². The standard InChI is InChI=1S/C13H18O2/c14-9-7-12-10-13(12,15)8-6-11-4-2-1-3-5-11/h1-5,12,14-15H,6-10H2/t12-,13+/m0/s1. The van der Waals surface area contributed by atoms with Gasteiger partial charge in [-0.3, -0.25) is 0 Å². The molecule has 0 bridgehead atoms. The van der Waals surface area contributed by atoms with Crippen LogP contribution in [0.1, 0.15) is 24.8 Å². The van der Waals surface area contributed by atoms with Crippen LogP contribution in [0.25, 0.3) is 0 Å². The zero-order valence-corrected chi connectivity index (χ0v) is 8.89. The van der Waals surface area contributed by atoms with Gasteiger partial charge in [0, 0.05) is 6.61 Å². The monoisotopic (exact) mass is 206 g/mol. The van der Waals surface area contributed by atoms with Gasteiger partial charge in [-0.1, -0.05) is 30.3 Å². The fourth-order valence-corrected chi connectivity index (χ4v) is 2.21. The summed E-state index contributed by atoms with van der Waals surface area (Å²) in [6, 6.07) is 10.2. The molecule has 0 unspecified atom stereocenters. The van der Waals surface area contributed by atoms with Crippen molar-refractivity contribution in [2.24, 2.45) is 5.92 Å². The SMILES string of the molecule is OCC[C@H]1C[C@]1(O)CCc1ccccc1. The summed E-state index contributed by atoms with van der Waals surface area (Å²) in [5.41, 5.74) is 0.791. The van der Waals surface area contributed by atoms with E-state index in [0.29, 0.717) is 5.92 Å². The summed E-state index contributed by atoms with van der Waals surface area (Å²) in [4.78, 5) is 0. The van der Waals surface area contributed by atoms with Gasteiger partial charge in [0.05, 0.1) is 5.60 Å².